The summed E-state index contributed by atoms with van der Waals surface area (Å²) in [6.45, 7) is 0. The fourth-order valence-corrected chi connectivity index (χ4v) is 1.62. The minimum atomic E-state index is -0.972. The molecule has 1 aromatic carbocycles. The zero-order valence-corrected chi connectivity index (χ0v) is 9.89. The fraction of sp³-hybridized carbons (Fsp3) is 0.182. The molecule has 0 saturated carbocycles. The third kappa shape index (κ3) is 2.54. The molecule has 89 valence electrons. The molecule has 2 aromatic rings. The molecule has 4 N–H and O–H groups in total. The number of carboxylic acids is 1. The summed E-state index contributed by atoms with van der Waals surface area (Å²) in [6, 6.07) is 6.91. The van der Waals surface area contributed by atoms with Gasteiger partial charge in [-0.15, -0.1) is 0 Å². The van der Waals surface area contributed by atoms with Crippen molar-refractivity contribution >= 4 is 16.9 Å². The van der Waals surface area contributed by atoms with Gasteiger partial charge >= 0.3 is 5.97 Å². The molecule has 0 aliphatic heterocycles. The zero-order valence-electron chi connectivity index (χ0n) is 8.41. The van der Waals surface area contributed by atoms with Crippen molar-refractivity contribution in [2.75, 3.05) is 0 Å². The molecule has 0 amide bonds. The Morgan fingerprint density at radius 2 is 2.12 bits per heavy atom. The molecule has 0 saturated heterocycles. The number of fused-ring (bicyclic) bond motifs is 1. The normalized spacial score (nSPS) is 12.1. The average molecular weight is 312 g/mol. The van der Waals surface area contributed by atoms with Gasteiger partial charge in [0.05, 0.1) is 0 Å². The van der Waals surface area contributed by atoms with Crippen molar-refractivity contribution in [2.24, 2.45) is 5.73 Å². The van der Waals surface area contributed by atoms with Crippen molar-refractivity contribution in [1.82, 2.24) is 4.98 Å². The molecule has 1 aromatic heterocycles. The molecule has 5 heteroatoms. The van der Waals surface area contributed by atoms with E-state index in [4.69, 9.17) is 10.8 Å². The minimum Gasteiger partial charge on any atom is -0.480 e. The van der Waals surface area contributed by atoms with Crippen LogP contribution < -0.4 is 5.73 Å². The number of aromatic nitrogens is 1. The molecule has 0 fully saturated rings. The van der Waals surface area contributed by atoms with Gasteiger partial charge in [-0.1, -0.05) is 18.2 Å². The number of nitrogens with one attached hydrogen (secondary N) is 1. The predicted molar refractivity (Wildman–Crippen MR) is 57.6 cm³/mol. The molecule has 2 rings (SSSR count). The van der Waals surface area contributed by atoms with E-state index in [9.17, 15) is 4.79 Å². The Labute approximate surface area is 108 Å². The summed E-state index contributed by atoms with van der Waals surface area (Å²) in [5.41, 5.74) is 7.43. The number of nitrogens with two attached hydrogens (primary N) is 1. The fourth-order valence-electron chi connectivity index (χ4n) is 1.62. The summed E-state index contributed by atoms with van der Waals surface area (Å²) in [5.74, 6) is -0.972. The Bertz CT molecular complexity index is 495. The molecular formula is C11H12AgN2O2. The standard InChI is InChI=1S/C11H12N2O2.Ag/c12-9(11(14)15)5-7-6-13-10-4-2-1-3-8(7)10;/h1-4,6,9,13H,5,12H2,(H,14,15);/t9-;/m0./s1. The number of H-pyrrole nitrogens is 1. The molecule has 0 aliphatic rings. The summed E-state index contributed by atoms with van der Waals surface area (Å²) in [4.78, 5) is 13.7. The van der Waals surface area contributed by atoms with E-state index in [1.54, 1.807) is 0 Å². The number of carboxylic acid groups (broad SMARTS) is 1. The molecule has 1 atom stereocenters. The average Bonchev–Trinajstić information content (AvgIpc) is 2.62. The van der Waals surface area contributed by atoms with Gasteiger partial charge in [0.2, 0.25) is 0 Å². The number of hydrogen-bond donors (Lipinski definition) is 3. The van der Waals surface area contributed by atoms with Crippen LogP contribution in [0.1, 0.15) is 5.56 Å². The maximum Gasteiger partial charge on any atom is 0.320 e. The number of aliphatic carboxylic acids is 1. The van der Waals surface area contributed by atoms with Crippen molar-refractivity contribution < 1.29 is 32.3 Å². The van der Waals surface area contributed by atoms with Crippen molar-refractivity contribution in [3.8, 4) is 0 Å². The van der Waals surface area contributed by atoms with Gasteiger partial charge in [-0.2, -0.15) is 0 Å². The van der Waals surface area contributed by atoms with Gasteiger partial charge in [-0.05, 0) is 11.6 Å². The molecule has 1 radical (unpaired) electrons. The number of hydrogen-bond acceptors (Lipinski definition) is 2. The van der Waals surface area contributed by atoms with Crippen molar-refractivity contribution in [3.05, 3.63) is 36.0 Å². The number of carbonyl (C=O) groups is 1. The van der Waals surface area contributed by atoms with E-state index in [1.807, 2.05) is 30.5 Å². The van der Waals surface area contributed by atoms with E-state index in [1.165, 1.54) is 0 Å². The Kier molecular flexibility index (Phi) is 4.32. The molecule has 0 spiro atoms. The first-order valence-electron chi connectivity index (χ1n) is 4.72. The van der Waals surface area contributed by atoms with E-state index in [-0.39, 0.29) is 22.4 Å². The second kappa shape index (κ2) is 5.32. The monoisotopic (exact) mass is 311 g/mol. The second-order valence-corrected chi connectivity index (χ2v) is 3.51. The Hall–Kier alpha value is -1.07. The summed E-state index contributed by atoms with van der Waals surface area (Å²) in [6.07, 6.45) is 2.16. The minimum absolute atomic E-state index is 0. The van der Waals surface area contributed by atoms with Crippen LogP contribution in [0.4, 0.5) is 0 Å². The Balaban J connectivity index is 0.00000128. The smallest absolute Gasteiger partial charge is 0.320 e. The van der Waals surface area contributed by atoms with Crippen LogP contribution >= 0.6 is 0 Å². The SMILES string of the molecule is N[C@@H](Cc1c[nH]c2ccccc12)C(=O)O.[Ag]. The van der Waals surface area contributed by atoms with Gasteiger partial charge in [0, 0.05) is 45.9 Å². The van der Waals surface area contributed by atoms with Gasteiger partial charge < -0.3 is 15.8 Å². The molecule has 1 heterocycles. The molecule has 0 bridgehead atoms. The van der Waals surface area contributed by atoms with E-state index in [2.05, 4.69) is 4.98 Å². The molecule has 4 nitrogen and oxygen atoms in total. The third-order valence-corrected chi connectivity index (χ3v) is 2.43. The molecule has 0 aliphatic carbocycles. The zero-order chi connectivity index (χ0) is 10.8. The first-order valence-corrected chi connectivity index (χ1v) is 4.72. The summed E-state index contributed by atoms with van der Waals surface area (Å²) in [7, 11) is 0. The van der Waals surface area contributed by atoms with Crippen molar-refractivity contribution in [1.29, 1.82) is 0 Å². The van der Waals surface area contributed by atoms with Crippen LogP contribution in [0.3, 0.4) is 0 Å². The van der Waals surface area contributed by atoms with E-state index >= 15 is 0 Å². The van der Waals surface area contributed by atoms with E-state index in [0.717, 1.165) is 16.5 Å². The third-order valence-electron chi connectivity index (χ3n) is 2.43. The van der Waals surface area contributed by atoms with Crippen molar-refractivity contribution in [2.45, 2.75) is 12.5 Å². The van der Waals surface area contributed by atoms with E-state index < -0.39 is 12.0 Å². The van der Waals surface area contributed by atoms with Crippen LogP contribution in [-0.4, -0.2) is 22.1 Å². The van der Waals surface area contributed by atoms with Gasteiger partial charge in [0.15, 0.2) is 0 Å². The van der Waals surface area contributed by atoms with Crippen LogP contribution in [0.2, 0.25) is 0 Å². The van der Waals surface area contributed by atoms with Crippen LogP contribution in [0.25, 0.3) is 10.9 Å². The molecule has 16 heavy (non-hydrogen) atoms. The number of para-hydroxylation sites is 1. The van der Waals surface area contributed by atoms with E-state index in [0.29, 0.717) is 6.42 Å². The summed E-state index contributed by atoms with van der Waals surface area (Å²) < 4.78 is 0. The number of aromatic amines is 1. The summed E-state index contributed by atoms with van der Waals surface area (Å²) in [5, 5.41) is 9.75. The van der Waals surface area contributed by atoms with Gasteiger partial charge in [0.1, 0.15) is 6.04 Å². The van der Waals surface area contributed by atoms with Crippen LogP contribution in [0, 0.1) is 0 Å². The number of rotatable bonds is 3. The predicted octanol–water partition coefficient (Wildman–Crippen LogP) is 1.12. The molecule has 0 unspecified atom stereocenters. The van der Waals surface area contributed by atoms with Gasteiger partial charge in [0.25, 0.3) is 0 Å². The Morgan fingerprint density at radius 3 is 2.81 bits per heavy atom. The number of benzene rings is 1. The molecular weight excluding hydrogens is 300 g/mol. The largest absolute Gasteiger partial charge is 0.480 e. The quantitative estimate of drug-likeness (QED) is 0.743. The topological polar surface area (TPSA) is 79.1 Å². The summed E-state index contributed by atoms with van der Waals surface area (Å²) >= 11 is 0. The first kappa shape index (κ1) is 13.0. The van der Waals surface area contributed by atoms with Crippen LogP contribution in [0.15, 0.2) is 30.5 Å². The Morgan fingerprint density at radius 1 is 1.44 bits per heavy atom. The van der Waals surface area contributed by atoms with Gasteiger partial charge in [-0.3, -0.25) is 4.79 Å². The van der Waals surface area contributed by atoms with Gasteiger partial charge in [-0.25, -0.2) is 0 Å². The maximum atomic E-state index is 10.6. The van der Waals surface area contributed by atoms with Crippen LogP contribution in [0.5, 0.6) is 0 Å². The first-order chi connectivity index (χ1) is 7.18. The van der Waals surface area contributed by atoms with Crippen LogP contribution in [-0.2, 0) is 33.6 Å². The van der Waals surface area contributed by atoms with Crippen molar-refractivity contribution in [3.63, 3.8) is 0 Å². The second-order valence-electron chi connectivity index (χ2n) is 3.51. The maximum absolute atomic E-state index is 10.6.